The molecule has 0 aromatic heterocycles. The quantitative estimate of drug-likeness (QED) is 0.890. The van der Waals surface area contributed by atoms with Crippen LogP contribution in [0, 0.1) is 11.3 Å². The number of anilines is 1. The van der Waals surface area contributed by atoms with E-state index in [4.69, 9.17) is 5.11 Å². The van der Waals surface area contributed by atoms with Crippen molar-refractivity contribution in [3.63, 3.8) is 0 Å². The summed E-state index contributed by atoms with van der Waals surface area (Å²) in [6, 6.07) is 4.11. The molecule has 0 radical (unpaired) electrons. The van der Waals surface area contributed by atoms with Gasteiger partial charge in [0, 0.05) is 18.8 Å². The minimum atomic E-state index is -4.40. The third kappa shape index (κ3) is 3.51. The number of hydrogen-bond acceptors (Lipinski definition) is 2. The number of rotatable bonds is 2. The van der Waals surface area contributed by atoms with Crippen LogP contribution in [0.25, 0.3) is 0 Å². The molecule has 1 fully saturated rings. The van der Waals surface area contributed by atoms with Gasteiger partial charge in [-0.25, -0.2) is 0 Å². The van der Waals surface area contributed by atoms with Gasteiger partial charge in [0.15, 0.2) is 0 Å². The van der Waals surface area contributed by atoms with Gasteiger partial charge in [0.1, 0.15) is 0 Å². The first-order chi connectivity index (χ1) is 9.63. The first-order valence-corrected chi connectivity index (χ1v) is 7.19. The smallest absolute Gasteiger partial charge is 0.392 e. The Morgan fingerprint density at radius 3 is 2.38 bits per heavy atom. The van der Waals surface area contributed by atoms with Gasteiger partial charge in [-0.1, -0.05) is 26.8 Å². The molecule has 1 unspecified atom stereocenters. The third-order valence-corrected chi connectivity index (χ3v) is 4.30. The maximum atomic E-state index is 13.2. The van der Waals surface area contributed by atoms with Crippen LogP contribution in [0.5, 0.6) is 0 Å². The van der Waals surface area contributed by atoms with Crippen molar-refractivity contribution >= 4 is 5.69 Å². The second-order valence-electron chi connectivity index (χ2n) is 6.81. The zero-order valence-electron chi connectivity index (χ0n) is 12.7. The first-order valence-electron chi connectivity index (χ1n) is 7.19. The lowest BCUT2D eigenvalue weighted by Crippen LogP contribution is -2.27. The van der Waals surface area contributed by atoms with E-state index in [0.29, 0.717) is 19.0 Å². The van der Waals surface area contributed by atoms with Crippen molar-refractivity contribution in [1.29, 1.82) is 0 Å². The van der Waals surface area contributed by atoms with Crippen LogP contribution < -0.4 is 4.90 Å². The fourth-order valence-electron chi connectivity index (χ4n) is 2.87. The number of aliphatic hydroxyl groups is 1. The SMILES string of the molecule is CC(C)(C)C1CCN(c2ccc(CO)cc2C(F)(F)F)C1. The highest BCUT2D eigenvalue weighted by atomic mass is 19.4. The van der Waals surface area contributed by atoms with Crippen LogP contribution in [-0.4, -0.2) is 18.2 Å². The second kappa shape index (κ2) is 5.52. The van der Waals surface area contributed by atoms with E-state index in [1.807, 2.05) is 4.90 Å². The summed E-state index contributed by atoms with van der Waals surface area (Å²) >= 11 is 0. The van der Waals surface area contributed by atoms with E-state index in [0.717, 1.165) is 12.5 Å². The molecule has 2 rings (SSSR count). The first kappa shape index (κ1) is 16.1. The van der Waals surface area contributed by atoms with Crippen molar-refractivity contribution in [2.45, 2.75) is 40.0 Å². The topological polar surface area (TPSA) is 23.5 Å². The van der Waals surface area contributed by atoms with Crippen molar-refractivity contribution in [3.8, 4) is 0 Å². The number of aliphatic hydroxyl groups excluding tert-OH is 1. The van der Waals surface area contributed by atoms with Crippen LogP contribution in [-0.2, 0) is 12.8 Å². The zero-order chi connectivity index (χ0) is 15.8. The molecule has 1 aliphatic heterocycles. The van der Waals surface area contributed by atoms with E-state index in [1.165, 1.54) is 6.07 Å². The minimum absolute atomic E-state index is 0.0954. The van der Waals surface area contributed by atoms with Crippen LogP contribution >= 0.6 is 0 Å². The Kier molecular flexibility index (Phi) is 4.24. The largest absolute Gasteiger partial charge is 0.418 e. The van der Waals surface area contributed by atoms with Gasteiger partial charge in [-0.15, -0.1) is 0 Å². The molecule has 21 heavy (non-hydrogen) atoms. The van der Waals surface area contributed by atoms with Crippen molar-refractivity contribution in [2.24, 2.45) is 11.3 Å². The molecule has 0 aliphatic carbocycles. The normalized spacial score (nSPS) is 20.1. The molecule has 0 saturated carbocycles. The average Bonchev–Trinajstić information content (AvgIpc) is 2.86. The molecule has 1 aromatic carbocycles. The highest BCUT2D eigenvalue weighted by Crippen LogP contribution is 2.41. The summed E-state index contributed by atoms with van der Waals surface area (Å²) in [7, 11) is 0. The Morgan fingerprint density at radius 2 is 1.90 bits per heavy atom. The van der Waals surface area contributed by atoms with Crippen LogP contribution in [0.2, 0.25) is 0 Å². The van der Waals surface area contributed by atoms with E-state index in [9.17, 15) is 13.2 Å². The van der Waals surface area contributed by atoms with Gasteiger partial charge >= 0.3 is 6.18 Å². The Morgan fingerprint density at radius 1 is 1.24 bits per heavy atom. The molecule has 0 spiro atoms. The number of halogens is 3. The molecule has 1 atom stereocenters. The van der Waals surface area contributed by atoms with E-state index in [2.05, 4.69) is 20.8 Å². The number of benzene rings is 1. The van der Waals surface area contributed by atoms with Crippen molar-refractivity contribution in [3.05, 3.63) is 29.3 Å². The lowest BCUT2D eigenvalue weighted by molar-refractivity contribution is -0.137. The van der Waals surface area contributed by atoms with Gasteiger partial charge in [0.25, 0.3) is 0 Å². The maximum Gasteiger partial charge on any atom is 0.418 e. The van der Waals surface area contributed by atoms with Gasteiger partial charge in [-0.2, -0.15) is 13.2 Å². The Hall–Kier alpha value is -1.23. The van der Waals surface area contributed by atoms with Crippen LogP contribution in [0.4, 0.5) is 18.9 Å². The highest BCUT2D eigenvalue weighted by Gasteiger charge is 2.38. The number of hydrogen-bond donors (Lipinski definition) is 1. The molecule has 0 bridgehead atoms. The van der Waals surface area contributed by atoms with Gasteiger partial charge < -0.3 is 10.0 Å². The molecule has 2 nitrogen and oxygen atoms in total. The predicted molar refractivity (Wildman–Crippen MR) is 77.1 cm³/mol. The van der Waals surface area contributed by atoms with Gasteiger partial charge in [0.2, 0.25) is 0 Å². The summed E-state index contributed by atoms with van der Waals surface area (Å²) in [5, 5.41) is 9.05. The molecule has 1 heterocycles. The van der Waals surface area contributed by atoms with Crippen LogP contribution in [0.1, 0.15) is 38.3 Å². The van der Waals surface area contributed by atoms with E-state index in [-0.39, 0.29) is 23.3 Å². The predicted octanol–water partition coefficient (Wildman–Crippen LogP) is 4.07. The molecule has 118 valence electrons. The average molecular weight is 301 g/mol. The Labute approximate surface area is 123 Å². The third-order valence-electron chi connectivity index (χ3n) is 4.30. The molecular formula is C16H22F3NO. The molecule has 1 N–H and O–H groups in total. The summed E-state index contributed by atoms with van der Waals surface area (Å²) in [5.41, 5.74) is -0.0363. The molecule has 1 saturated heterocycles. The molecular weight excluding hydrogens is 279 g/mol. The molecule has 1 aromatic rings. The fraction of sp³-hybridized carbons (Fsp3) is 0.625. The Balaban J connectivity index is 2.32. The van der Waals surface area contributed by atoms with Gasteiger partial charge in [-0.05, 0) is 35.4 Å². The lowest BCUT2D eigenvalue weighted by Gasteiger charge is -2.28. The highest BCUT2D eigenvalue weighted by molar-refractivity contribution is 5.57. The maximum absolute atomic E-state index is 13.2. The number of nitrogens with zero attached hydrogens (tertiary/aromatic N) is 1. The summed E-state index contributed by atoms with van der Waals surface area (Å²) in [5.74, 6) is 0.385. The fourth-order valence-corrected chi connectivity index (χ4v) is 2.87. The summed E-state index contributed by atoms with van der Waals surface area (Å²) in [6.45, 7) is 7.28. The van der Waals surface area contributed by atoms with Gasteiger partial charge in [0.05, 0.1) is 12.2 Å². The van der Waals surface area contributed by atoms with E-state index >= 15 is 0 Å². The lowest BCUT2D eigenvalue weighted by atomic mass is 9.80. The summed E-state index contributed by atoms with van der Waals surface area (Å²) < 4.78 is 39.7. The van der Waals surface area contributed by atoms with Crippen molar-refractivity contribution < 1.29 is 18.3 Å². The van der Waals surface area contributed by atoms with Crippen molar-refractivity contribution in [1.82, 2.24) is 0 Å². The second-order valence-corrected chi connectivity index (χ2v) is 6.81. The summed E-state index contributed by atoms with van der Waals surface area (Å²) in [4.78, 5) is 1.82. The molecule has 1 aliphatic rings. The standard InChI is InChI=1S/C16H22F3NO/c1-15(2,3)12-6-7-20(9-12)14-5-4-11(10-21)8-13(14)16(17,18)19/h4-5,8,12,21H,6-7,9-10H2,1-3H3. The zero-order valence-corrected chi connectivity index (χ0v) is 12.7. The van der Waals surface area contributed by atoms with Crippen molar-refractivity contribution in [2.75, 3.05) is 18.0 Å². The minimum Gasteiger partial charge on any atom is -0.392 e. The monoisotopic (exact) mass is 301 g/mol. The van der Waals surface area contributed by atoms with E-state index < -0.39 is 11.7 Å². The van der Waals surface area contributed by atoms with Gasteiger partial charge in [-0.3, -0.25) is 0 Å². The summed E-state index contributed by atoms with van der Waals surface area (Å²) in [6.07, 6.45) is -3.50. The van der Waals surface area contributed by atoms with Crippen LogP contribution in [0.15, 0.2) is 18.2 Å². The van der Waals surface area contributed by atoms with E-state index in [1.54, 1.807) is 6.07 Å². The number of alkyl halides is 3. The van der Waals surface area contributed by atoms with Crippen LogP contribution in [0.3, 0.4) is 0 Å². The Bertz CT molecular complexity index is 505. The molecule has 0 amide bonds. The molecule has 5 heteroatoms.